The molecule has 2 aliphatic heterocycles. The summed E-state index contributed by atoms with van der Waals surface area (Å²) in [4.78, 5) is 40.1. The molecule has 0 bridgehead atoms. The number of carbonyl (C=O) groups is 3. The molecule has 0 spiro atoms. The molecule has 2 aliphatic rings. The molecule has 2 saturated heterocycles. The van der Waals surface area contributed by atoms with Crippen LogP contribution < -0.4 is 5.32 Å². The summed E-state index contributed by atoms with van der Waals surface area (Å²) in [7, 11) is 0. The molecule has 6 nitrogen and oxygen atoms in total. The molecular formula is C17H23N3O3S. The first-order chi connectivity index (χ1) is 11.6. The van der Waals surface area contributed by atoms with E-state index in [0.29, 0.717) is 6.54 Å². The summed E-state index contributed by atoms with van der Waals surface area (Å²) in [6.45, 7) is 2.89. The minimum atomic E-state index is -0.165. The summed E-state index contributed by atoms with van der Waals surface area (Å²) >= 11 is 1.71. The Morgan fingerprint density at radius 3 is 2.54 bits per heavy atom. The number of hydrogen-bond donors (Lipinski definition) is 1. The van der Waals surface area contributed by atoms with E-state index in [-0.39, 0.29) is 49.6 Å². The highest BCUT2D eigenvalue weighted by Crippen LogP contribution is 2.27. The van der Waals surface area contributed by atoms with E-state index in [1.807, 2.05) is 6.07 Å². The van der Waals surface area contributed by atoms with E-state index in [0.717, 1.165) is 13.1 Å². The van der Waals surface area contributed by atoms with Crippen molar-refractivity contribution >= 4 is 29.1 Å². The smallest absolute Gasteiger partial charge is 0.229 e. The number of thiophene rings is 1. The lowest BCUT2D eigenvalue weighted by Gasteiger charge is -2.27. The van der Waals surface area contributed by atoms with Crippen LogP contribution in [0.2, 0.25) is 0 Å². The van der Waals surface area contributed by atoms with Gasteiger partial charge in [-0.2, -0.15) is 0 Å². The Labute approximate surface area is 145 Å². The Hall–Kier alpha value is -1.73. The lowest BCUT2D eigenvalue weighted by molar-refractivity contribution is -0.138. The van der Waals surface area contributed by atoms with Gasteiger partial charge in [-0.05, 0) is 37.4 Å². The van der Waals surface area contributed by atoms with Gasteiger partial charge in [-0.3, -0.25) is 24.2 Å². The summed E-state index contributed by atoms with van der Waals surface area (Å²) in [6.07, 6.45) is 3.13. The SMILES string of the molecule is O=C(CCN1C(=O)CCC1=O)NCC(c1cccs1)N1CCCC1. The van der Waals surface area contributed by atoms with Gasteiger partial charge in [-0.15, -0.1) is 11.3 Å². The normalized spacial score (nSPS) is 19.9. The van der Waals surface area contributed by atoms with Gasteiger partial charge in [0, 0.05) is 37.2 Å². The Balaban J connectivity index is 1.50. The van der Waals surface area contributed by atoms with Crippen molar-refractivity contribution in [3.8, 4) is 0 Å². The molecule has 7 heteroatoms. The molecule has 1 aromatic heterocycles. The highest BCUT2D eigenvalue weighted by Gasteiger charge is 2.29. The van der Waals surface area contributed by atoms with Crippen molar-refractivity contribution < 1.29 is 14.4 Å². The lowest BCUT2D eigenvalue weighted by Crippen LogP contribution is -2.38. The van der Waals surface area contributed by atoms with Crippen LogP contribution in [0.3, 0.4) is 0 Å². The third-order valence-corrected chi connectivity index (χ3v) is 5.64. The molecule has 2 fully saturated rings. The van der Waals surface area contributed by atoms with Gasteiger partial charge in [0.1, 0.15) is 0 Å². The van der Waals surface area contributed by atoms with Gasteiger partial charge in [0.25, 0.3) is 0 Å². The maximum Gasteiger partial charge on any atom is 0.229 e. The summed E-state index contributed by atoms with van der Waals surface area (Å²) in [5, 5.41) is 5.04. The van der Waals surface area contributed by atoms with E-state index in [9.17, 15) is 14.4 Å². The lowest BCUT2D eigenvalue weighted by atomic mass is 10.2. The van der Waals surface area contributed by atoms with Crippen molar-refractivity contribution in [2.75, 3.05) is 26.2 Å². The zero-order valence-electron chi connectivity index (χ0n) is 13.7. The Kier molecular flexibility index (Phi) is 5.63. The van der Waals surface area contributed by atoms with Gasteiger partial charge in [-0.25, -0.2) is 0 Å². The van der Waals surface area contributed by atoms with Crippen LogP contribution in [-0.2, 0) is 14.4 Å². The fourth-order valence-corrected chi connectivity index (χ4v) is 4.19. The molecule has 3 heterocycles. The monoisotopic (exact) mass is 349 g/mol. The summed E-state index contributed by atoms with van der Waals surface area (Å²) in [5.74, 6) is -0.439. The van der Waals surface area contributed by atoms with Gasteiger partial charge >= 0.3 is 0 Å². The van der Waals surface area contributed by atoms with Gasteiger partial charge in [0.2, 0.25) is 17.7 Å². The topological polar surface area (TPSA) is 69.7 Å². The molecule has 1 unspecified atom stereocenters. The number of nitrogens with zero attached hydrogens (tertiary/aromatic N) is 2. The molecule has 1 atom stereocenters. The van der Waals surface area contributed by atoms with E-state index in [1.54, 1.807) is 11.3 Å². The molecule has 1 aromatic rings. The highest BCUT2D eigenvalue weighted by molar-refractivity contribution is 7.10. The molecule has 0 radical (unpaired) electrons. The predicted molar refractivity (Wildman–Crippen MR) is 91.4 cm³/mol. The van der Waals surface area contributed by atoms with Gasteiger partial charge in [0.05, 0.1) is 6.04 Å². The van der Waals surface area contributed by atoms with Crippen LogP contribution in [0.4, 0.5) is 0 Å². The number of amides is 3. The van der Waals surface area contributed by atoms with Crippen LogP contribution >= 0.6 is 11.3 Å². The fraction of sp³-hybridized carbons (Fsp3) is 0.588. The maximum atomic E-state index is 12.1. The minimum absolute atomic E-state index is 0.108. The average molecular weight is 349 g/mol. The number of likely N-dealkylation sites (tertiary alicyclic amines) is 2. The van der Waals surface area contributed by atoms with Gasteiger partial charge < -0.3 is 5.32 Å². The second kappa shape index (κ2) is 7.90. The van der Waals surface area contributed by atoms with E-state index in [2.05, 4.69) is 21.7 Å². The van der Waals surface area contributed by atoms with Crippen LogP contribution in [-0.4, -0.2) is 53.7 Å². The van der Waals surface area contributed by atoms with E-state index in [1.165, 1.54) is 22.6 Å². The van der Waals surface area contributed by atoms with E-state index < -0.39 is 0 Å². The van der Waals surface area contributed by atoms with E-state index >= 15 is 0 Å². The average Bonchev–Trinajstić information content (AvgIpc) is 3.31. The Morgan fingerprint density at radius 2 is 1.92 bits per heavy atom. The predicted octanol–water partition coefficient (Wildman–Crippen LogP) is 1.54. The Morgan fingerprint density at radius 1 is 1.21 bits per heavy atom. The van der Waals surface area contributed by atoms with Crippen molar-refractivity contribution in [2.45, 2.75) is 38.1 Å². The standard InChI is InChI=1S/C17H23N3O3S/c21-15(7-10-20-16(22)5-6-17(20)23)18-12-13(14-4-3-11-24-14)19-8-1-2-9-19/h3-4,11,13H,1-2,5-10,12H2,(H,18,21). The Bertz CT molecular complexity index is 580. The van der Waals surface area contributed by atoms with E-state index in [4.69, 9.17) is 0 Å². The molecule has 3 amide bonds. The fourth-order valence-electron chi connectivity index (χ4n) is 3.33. The molecule has 0 saturated carbocycles. The first-order valence-corrected chi connectivity index (χ1v) is 9.40. The van der Waals surface area contributed by atoms with Crippen LogP contribution in [0.25, 0.3) is 0 Å². The number of nitrogens with one attached hydrogen (secondary N) is 1. The van der Waals surface area contributed by atoms with Crippen LogP contribution in [0, 0.1) is 0 Å². The summed E-state index contributed by atoms with van der Waals surface area (Å²) in [5.41, 5.74) is 0. The second-order valence-electron chi connectivity index (χ2n) is 6.27. The molecule has 24 heavy (non-hydrogen) atoms. The van der Waals surface area contributed by atoms with Crippen LogP contribution in [0.5, 0.6) is 0 Å². The maximum absolute atomic E-state index is 12.1. The molecule has 1 N–H and O–H groups in total. The largest absolute Gasteiger partial charge is 0.354 e. The number of hydrogen-bond acceptors (Lipinski definition) is 5. The highest BCUT2D eigenvalue weighted by atomic mass is 32.1. The quantitative estimate of drug-likeness (QED) is 0.758. The van der Waals surface area contributed by atoms with Crippen molar-refractivity contribution in [3.05, 3.63) is 22.4 Å². The number of rotatable bonds is 7. The first-order valence-electron chi connectivity index (χ1n) is 8.52. The summed E-state index contributed by atoms with van der Waals surface area (Å²) in [6, 6.07) is 4.36. The molecule has 0 aliphatic carbocycles. The minimum Gasteiger partial charge on any atom is -0.354 e. The first kappa shape index (κ1) is 17.1. The van der Waals surface area contributed by atoms with Crippen molar-refractivity contribution in [1.82, 2.24) is 15.1 Å². The molecular weight excluding hydrogens is 326 g/mol. The zero-order valence-corrected chi connectivity index (χ0v) is 14.5. The van der Waals surface area contributed by atoms with Crippen LogP contribution in [0.1, 0.15) is 43.0 Å². The molecule has 3 rings (SSSR count). The zero-order chi connectivity index (χ0) is 16.9. The molecule has 130 valence electrons. The third-order valence-electron chi connectivity index (χ3n) is 4.66. The summed E-state index contributed by atoms with van der Waals surface area (Å²) < 4.78 is 0. The van der Waals surface area contributed by atoms with Gasteiger partial charge in [0.15, 0.2) is 0 Å². The van der Waals surface area contributed by atoms with Crippen molar-refractivity contribution in [3.63, 3.8) is 0 Å². The number of carbonyl (C=O) groups excluding carboxylic acids is 3. The van der Waals surface area contributed by atoms with Crippen molar-refractivity contribution in [2.24, 2.45) is 0 Å². The second-order valence-corrected chi connectivity index (χ2v) is 7.25. The van der Waals surface area contributed by atoms with Crippen molar-refractivity contribution in [1.29, 1.82) is 0 Å². The number of imide groups is 1. The molecule has 0 aromatic carbocycles. The van der Waals surface area contributed by atoms with Crippen LogP contribution in [0.15, 0.2) is 17.5 Å². The third kappa shape index (κ3) is 4.02. The van der Waals surface area contributed by atoms with Gasteiger partial charge in [-0.1, -0.05) is 6.07 Å².